The number of hydrogen-bond donors (Lipinski definition) is 1. The van der Waals surface area contributed by atoms with Gasteiger partial charge in [0.15, 0.2) is 17.4 Å². The Morgan fingerprint density at radius 3 is 2.67 bits per heavy atom. The Morgan fingerprint density at radius 1 is 1.47 bits per heavy atom. The molecular formula is C11H9F2NO. The summed E-state index contributed by atoms with van der Waals surface area (Å²) >= 11 is 0. The van der Waals surface area contributed by atoms with Crippen molar-refractivity contribution in [2.45, 2.75) is 12.5 Å². The summed E-state index contributed by atoms with van der Waals surface area (Å²) in [5.41, 5.74) is 5.46. The van der Waals surface area contributed by atoms with E-state index in [2.05, 4.69) is 5.92 Å². The second-order valence-electron chi connectivity index (χ2n) is 3.01. The smallest absolute Gasteiger partial charge is 0.180 e. The van der Waals surface area contributed by atoms with Crippen LogP contribution in [0.15, 0.2) is 18.2 Å². The van der Waals surface area contributed by atoms with Gasteiger partial charge in [0.25, 0.3) is 0 Å². The maximum Gasteiger partial charge on any atom is 0.180 e. The summed E-state index contributed by atoms with van der Waals surface area (Å²) < 4.78 is 25.3. The molecule has 0 fully saturated rings. The quantitative estimate of drug-likeness (QED) is 0.605. The average molecular weight is 209 g/mol. The lowest BCUT2D eigenvalue weighted by Gasteiger charge is -2.06. The van der Waals surface area contributed by atoms with Crippen LogP contribution in [0, 0.1) is 24.0 Å². The fourth-order valence-electron chi connectivity index (χ4n) is 1.08. The van der Waals surface area contributed by atoms with E-state index in [1.165, 1.54) is 6.07 Å². The van der Waals surface area contributed by atoms with Gasteiger partial charge in [0.2, 0.25) is 0 Å². The Hall–Kier alpha value is -1.73. The SMILES string of the molecule is C#CCC(N)C(=O)c1ccc(F)c(F)c1. The van der Waals surface area contributed by atoms with Gasteiger partial charge >= 0.3 is 0 Å². The fourth-order valence-corrected chi connectivity index (χ4v) is 1.08. The Kier molecular flexibility index (Phi) is 3.53. The first kappa shape index (κ1) is 11.3. The molecule has 1 aromatic rings. The molecule has 0 heterocycles. The molecule has 0 saturated carbocycles. The first-order valence-electron chi connectivity index (χ1n) is 4.24. The van der Waals surface area contributed by atoms with Gasteiger partial charge in [-0.2, -0.15) is 0 Å². The predicted octanol–water partition coefficient (Wildman–Crippen LogP) is 1.50. The summed E-state index contributed by atoms with van der Waals surface area (Å²) in [6.45, 7) is 0. The molecule has 0 aliphatic carbocycles. The first-order chi connectivity index (χ1) is 7.06. The average Bonchev–Trinajstić information content (AvgIpc) is 2.21. The molecule has 0 bridgehead atoms. The Labute approximate surface area is 86.1 Å². The molecule has 1 rings (SSSR count). The Morgan fingerprint density at radius 2 is 2.13 bits per heavy atom. The molecule has 2 N–H and O–H groups in total. The molecule has 0 amide bonds. The van der Waals surface area contributed by atoms with E-state index in [1.807, 2.05) is 0 Å². The van der Waals surface area contributed by atoms with Crippen LogP contribution in [-0.2, 0) is 0 Å². The van der Waals surface area contributed by atoms with Crippen LogP contribution in [0.25, 0.3) is 0 Å². The molecule has 0 aromatic heterocycles. The van der Waals surface area contributed by atoms with Crippen molar-refractivity contribution in [1.82, 2.24) is 0 Å². The van der Waals surface area contributed by atoms with Crippen molar-refractivity contribution in [3.05, 3.63) is 35.4 Å². The number of rotatable bonds is 3. The van der Waals surface area contributed by atoms with Gasteiger partial charge in [0.1, 0.15) is 0 Å². The van der Waals surface area contributed by atoms with Gasteiger partial charge in [-0.15, -0.1) is 12.3 Å². The van der Waals surface area contributed by atoms with Gasteiger partial charge in [-0.3, -0.25) is 4.79 Å². The second kappa shape index (κ2) is 4.67. The Bertz CT molecular complexity index is 423. The molecule has 0 saturated heterocycles. The number of carbonyl (C=O) groups is 1. The molecule has 1 atom stereocenters. The van der Waals surface area contributed by atoms with Crippen LogP contribution in [0.3, 0.4) is 0 Å². The molecule has 0 spiro atoms. The maximum absolute atomic E-state index is 12.8. The van der Waals surface area contributed by atoms with Crippen LogP contribution in [0.4, 0.5) is 8.78 Å². The van der Waals surface area contributed by atoms with Gasteiger partial charge in [0.05, 0.1) is 6.04 Å². The number of nitrogens with two attached hydrogens (primary N) is 1. The summed E-state index contributed by atoms with van der Waals surface area (Å²) in [5.74, 6) is -0.341. The Balaban J connectivity index is 2.93. The van der Waals surface area contributed by atoms with Gasteiger partial charge < -0.3 is 5.73 Å². The highest BCUT2D eigenvalue weighted by Gasteiger charge is 2.16. The molecule has 1 unspecified atom stereocenters. The van der Waals surface area contributed by atoms with E-state index >= 15 is 0 Å². The van der Waals surface area contributed by atoms with Crippen molar-refractivity contribution < 1.29 is 13.6 Å². The maximum atomic E-state index is 12.8. The molecule has 0 aliphatic heterocycles. The molecule has 4 heteroatoms. The molecule has 15 heavy (non-hydrogen) atoms. The highest BCUT2D eigenvalue weighted by Crippen LogP contribution is 2.10. The van der Waals surface area contributed by atoms with Crippen LogP contribution in [-0.4, -0.2) is 11.8 Å². The normalized spacial score (nSPS) is 11.9. The van der Waals surface area contributed by atoms with Crippen molar-refractivity contribution in [2.75, 3.05) is 0 Å². The fraction of sp³-hybridized carbons (Fsp3) is 0.182. The second-order valence-corrected chi connectivity index (χ2v) is 3.01. The van der Waals surface area contributed by atoms with Gasteiger partial charge in [-0.1, -0.05) is 0 Å². The summed E-state index contributed by atoms with van der Waals surface area (Å²) in [7, 11) is 0. The summed E-state index contributed by atoms with van der Waals surface area (Å²) in [5, 5.41) is 0. The van der Waals surface area contributed by atoms with Crippen LogP contribution in [0.1, 0.15) is 16.8 Å². The number of terminal acetylenes is 1. The van der Waals surface area contributed by atoms with Crippen LogP contribution < -0.4 is 5.73 Å². The van der Waals surface area contributed by atoms with Crippen molar-refractivity contribution in [3.8, 4) is 12.3 Å². The largest absolute Gasteiger partial charge is 0.320 e. The minimum absolute atomic E-state index is 0.0247. The van der Waals surface area contributed by atoms with E-state index in [4.69, 9.17) is 12.2 Å². The number of Topliss-reactive ketones (excluding diaryl/α,β-unsaturated/α-hetero) is 1. The van der Waals surface area contributed by atoms with E-state index in [0.717, 1.165) is 12.1 Å². The third-order valence-corrected chi connectivity index (χ3v) is 1.88. The monoisotopic (exact) mass is 209 g/mol. The van der Waals surface area contributed by atoms with Crippen LogP contribution in [0.5, 0.6) is 0 Å². The van der Waals surface area contributed by atoms with E-state index in [1.54, 1.807) is 0 Å². The molecule has 0 aliphatic rings. The van der Waals surface area contributed by atoms with E-state index in [9.17, 15) is 13.6 Å². The zero-order chi connectivity index (χ0) is 11.4. The standard InChI is InChI=1S/C11H9F2NO/c1-2-3-10(14)11(15)7-4-5-8(12)9(13)6-7/h1,4-6,10H,3,14H2. The minimum atomic E-state index is -1.08. The van der Waals surface area contributed by atoms with E-state index < -0.39 is 23.5 Å². The molecular weight excluding hydrogens is 200 g/mol. The van der Waals surface area contributed by atoms with Crippen molar-refractivity contribution in [2.24, 2.45) is 5.73 Å². The van der Waals surface area contributed by atoms with Crippen LogP contribution >= 0.6 is 0 Å². The van der Waals surface area contributed by atoms with Crippen LogP contribution in [0.2, 0.25) is 0 Å². The number of hydrogen-bond acceptors (Lipinski definition) is 2. The van der Waals surface area contributed by atoms with Gasteiger partial charge in [-0.25, -0.2) is 8.78 Å². The van der Waals surface area contributed by atoms with Gasteiger partial charge in [0, 0.05) is 12.0 Å². The lowest BCUT2D eigenvalue weighted by atomic mass is 10.0. The highest BCUT2D eigenvalue weighted by atomic mass is 19.2. The zero-order valence-electron chi connectivity index (χ0n) is 7.84. The van der Waals surface area contributed by atoms with Gasteiger partial charge in [-0.05, 0) is 18.2 Å². The lowest BCUT2D eigenvalue weighted by molar-refractivity contribution is 0.0962. The number of halogens is 2. The molecule has 1 aromatic carbocycles. The predicted molar refractivity (Wildman–Crippen MR) is 52.1 cm³/mol. The minimum Gasteiger partial charge on any atom is -0.320 e. The highest BCUT2D eigenvalue weighted by molar-refractivity contribution is 6.00. The van der Waals surface area contributed by atoms with E-state index in [0.29, 0.717) is 0 Å². The number of ketones is 1. The van der Waals surface area contributed by atoms with Crippen molar-refractivity contribution in [1.29, 1.82) is 0 Å². The lowest BCUT2D eigenvalue weighted by Crippen LogP contribution is -2.30. The topological polar surface area (TPSA) is 43.1 Å². The molecule has 78 valence electrons. The van der Waals surface area contributed by atoms with Crippen molar-refractivity contribution >= 4 is 5.78 Å². The number of benzene rings is 1. The third kappa shape index (κ3) is 2.61. The first-order valence-corrected chi connectivity index (χ1v) is 4.24. The summed E-state index contributed by atoms with van der Waals surface area (Å²) in [6.07, 6.45) is 5.05. The zero-order valence-corrected chi connectivity index (χ0v) is 7.84. The number of carbonyl (C=O) groups excluding carboxylic acids is 1. The third-order valence-electron chi connectivity index (χ3n) is 1.88. The van der Waals surface area contributed by atoms with Crippen molar-refractivity contribution in [3.63, 3.8) is 0 Å². The summed E-state index contributed by atoms with van der Waals surface area (Å²) in [4.78, 5) is 11.5. The molecule has 0 radical (unpaired) electrons. The summed E-state index contributed by atoms with van der Waals surface area (Å²) in [6, 6.07) is 2.00. The van der Waals surface area contributed by atoms with E-state index in [-0.39, 0.29) is 12.0 Å². The molecule has 2 nitrogen and oxygen atoms in total.